The number of rotatable bonds is 11. The van der Waals surface area contributed by atoms with Gasteiger partial charge in [0.15, 0.2) is 0 Å². The second-order valence-electron chi connectivity index (χ2n) is 7.58. The molecule has 2 atom stereocenters. The van der Waals surface area contributed by atoms with Crippen molar-refractivity contribution in [3.05, 3.63) is 71.8 Å². The van der Waals surface area contributed by atoms with E-state index in [9.17, 15) is 19.2 Å². The highest BCUT2D eigenvalue weighted by atomic mass is 36.0. The normalized spacial score (nSPS) is 10.6. The predicted octanol–water partition coefficient (Wildman–Crippen LogP) is 2.59. The first-order valence-corrected chi connectivity index (χ1v) is 15.3. The molecule has 2 rings (SSSR count). The number of carboxylic acid groups (broad SMARTS) is 1. The summed E-state index contributed by atoms with van der Waals surface area (Å²) in [6.07, 6.45) is -1.50. The summed E-state index contributed by atoms with van der Waals surface area (Å²) in [5, 5.41) is 20.7. The lowest BCUT2D eigenvalue weighted by Gasteiger charge is -2.15. The Hall–Kier alpha value is -3.18. The van der Waals surface area contributed by atoms with Crippen molar-refractivity contribution in [2.24, 2.45) is 11.5 Å². The summed E-state index contributed by atoms with van der Waals surface area (Å²) in [7, 11) is 7.36. The summed E-state index contributed by atoms with van der Waals surface area (Å²) in [6.45, 7) is 3.83. The number of aliphatic carboxylic acids is 1. The van der Waals surface area contributed by atoms with Crippen LogP contribution < -0.4 is 22.1 Å². The van der Waals surface area contributed by atoms with E-state index in [4.69, 9.17) is 40.1 Å². The number of carbonyl (C=O) groups is 4. The van der Waals surface area contributed by atoms with Crippen molar-refractivity contribution >= 4 is 67.1 Å². The van der Waals surface area contributed by atoms with Gasteiger partial charge in [0, 0.05) is 41.1 Å². The van der Waals surface area contributed by atoms with Crippen molar-refractivity contribution in [2.45, 2.75) is 39.1 Å². The lowest BCUT2D eigenvalue weighted by atomic mass is 10.2. The maximum Gasteiger partial charge on any atom is 0.408 e. The number of hydrogen-bond donors (Lipinski definition) is 6. The van der Waals surface area contributed by atoms with Crippen LogP contribution >= 0.6 is 33.8 Å². The van der Waals surface area contributed by atoms with E-state index in [1.807, 2.05) is 48.5 Å². The molecule has 0 heterocycles. The van der Waals surface area contributed by atoms with Crippen LogP contribution in [0, 0.1) is 0 Å². The van der Waals surface area contributed by atoms with E-state index < -0.39 is 45.4 Å². The summed E-state index contributed by atoms with van der Waals surface area (Å²) in [5.41, 5.74) is 12.2. The average molecular weight is 706 g/mol. The number of hydrogen-bond acceptors (Lipinski definition) is 11. The molecule has 0 aromatic heterocycles. The van der Waals surface area contributed by atoms with Crippen LogP contribution in [0.15, 0.2) is 60.7 Å². The van der Waals surface area contributed by atoms with Gasteiger partial charge in [0.2, 0.25) is 9.23 Å². The second-order valence-corrected chi connectivity index (χ2v) is 10.1. The molecule has 2 aromatic rings. The summed E-state index contributed by atoms with van der Waals surface area (Å²) in [4.78, 5) is 44.7. The minimum Gasteiger partial charge on any atom is -0.480 e. The van der Waals surface area contributed by atoms with Crippen LogP contribution in [-0.2, 0) is 46.2 Å². The molecular formula is C26H39Cl3N4O10S. The van der Waals surface area contributed by atoms with Gasteiger partial charge in [0.05, 0.1) is 6.61 Å². The van der Waals surface area contributed by atoms with Gasteiger partial charge in [-0.05, 0) is 25.0 Å². The number of nitrogens with one attached hydrogen (secondary N) is 2. The molecule has 0 spiro atoms. The molecule has 0 radical (unpaired) electrons. The molecule has 0 unspecified atom stereocenters. The monoisotopic (exact) mass is 704 g/mol. The van der Waals surface area contributed by atoms with E-state index in [1.54, 1.807) is 26.0 Å². The number of ether oxygens (including phenoxy) is 3. The molecule has 2 aromatic carbocycles. The average Bonchev–Trinajstić information content (AvgIpc) is 2.98. The molecule has 0 aliphatic heterocycles. The highest BCUT2D eigenvalue weighted by Crippen LogP contribution is 2.02. The van der Waals surface area contributed by atoms with Crippen LogP contribution in [0.2, 0.25) is 0 Å². The van der Waals surface area contributed by atoms with Crippen molar-refractivity contribution in [3.63, 3.8) is 0 Å². The highest BCUT2D eigenvalue weighted by Gasteiger charge is 2.21. The Morgan fingerprint density at radius 2 is 1.14 bits per heavy atom. The van der Waals surface area contributed by atoms with Crippen molar-refractivity contribution < 1.29 is 47.8 Å². The van der Waals surface area contributed by atoms with Crippen molar-refractivity contribution in [1.82, 2.24) is 10.6 Å². The van der Waals surface area contributed by atoms with E-state index >= 15 is 0 Å². The molecule has 0 fully saturated rings. The Kier molecular flexibility index (Phi) is 30.7. The third kappa shape index (κ3) is 26.4. The number of carbonyl (C=O) groups excluding carboxylic acids is 3. The molecule has 0 bridgehead atoms. The Balaban J connectivity index is -0.000000620. The smallest absolute Gasteiger partial charge is 0.408 e. The molecule has 0 aliphatic rings. The Labute approximate surface area is 273 Å². The van der Waals surface area contributed by atoms with E-state index in [0.29, 0.717) is 0 Å². The lowest BCUT2D eigenvalue weighted by Crippen LogP contribution is -2.46. The van der Waals surface area contributed by atoms with Gasteiger partial charge < -0.3 is 46.5 Å². The van der Waals surface area contributed by atoms with Gasteiger partial charge in [0.1, 0.15) is 25.3 Å². The predicted molar refractivity (Wildman–Crippen MR) is 169 cm³/mol. The molecule has 2 amide bonds. The topological polar surface area (TPSA) is 230 Å². The molecule has 14 nitrogen and oxygen atoms in total. The first-order valence-electron chi connectivity index (χ1n) is 12.5. The van der Waals surface area contributed by atoms with E-state index in [0.717, 1.165) is 11.1 Å². The van der Waals surface area contributed by atoms with Crippen LogP contribution in [0.3, 0.4) is 0 Å². The van der Waals surface area contributed by atoms with E-state index in [-0.39, 0.29) is 51.9 Å². The number of carboxylic acids is 1. The largest absolute Gasteiger partial charge is 0.480 e. The fraction of sp³-hybridized carbons (Fsp3) is 0.385. The summed E-state index contributed by atoms with van der Waals surface area (Å²) >= 11 is 0. The lowest BCUT2D eigenvalue weighted by molar-refractivity contribution is -0.145. The third-order valence-corrected chi connectivity index (χ3v) is 4.35. The maximum atomic E-state index is 11.5. The molecule has 8 N–H and O–H groups in total. The summed E-state index contributed by atoms with van der Waals surface area (Å²) in [6, 6.07) is 16.3. The van der Waals surface area contributed by atoms with Crippen molar-refractivity contribution in [3.8, 4) is 0 Å². The van der Waals surface area contributed by atoms with E-state index in [2.05, 4.69) is 32.0 Å². The first-order chi connectivity index (χ1) is 20.4. The number of alkyl carbamates (subject to hydrolysis) is 2. The SMILES string of the molecule is CCO.CCOC(=O)[C@@H](CN)NC(=O)OCc1ccccc1.Cl.NC[C@@H](NC(=O)OCc1ccccc1)C(=O)O.O=S(Cl)Cl. The minimum absolute atomic E-state index is 0. The van der Waals surface area contributed by atoms with Crippen LogP contribution in [0.25, 0.3) is 0 Å². The molecule has 0 saturated heterocycles. The maximum absolute atomic E-state index is 11.5. The zero-order chi connectivity index (χ0) is 33.0. The Morgan fingerprint density at radius 3 is 1.43 bits per heavy atom. The van der Waals surface area contributed by atoms with Gasteiger partial charge in [-0.3, -0.25) is 0 Å². The highest BCUT2D eigenvalue weighted by molar-refractivity contribution is 8.26. The zero-order valence-electron chi connectivity index (χ0n) is 24.1. The fourth-order valence-corrected chi connectivity index (χ4v) is 2.49. The number of amides is 2. The van der Waals surface area contributed by atoms with Gasteiger partial charge in [-0.15, -0.1) is 12.4 Å². The fourth-order valence-electron chi connectivity index (χ4n) is 2.49. The molecule has 0 saturated carbocycles. The molecule has 18 heteroatoms. The van der Waals surface area contributed by atoms with Gasteiger partial charge in [-0.1, -0.05) is 60.7 Å². The van der Waals surface area contributed by atoms with Crippen molar-refractivity contribution in [1.29, 1.82) is 0 Å². The number of esters is 1. The van der Waals surface area contributed by atoms with Gasteiger partial charge >= 0.3 is 24.1 Å². The third-order valence-electron chi connectivity index (χ3n) is 4.35. The standard InChI is InChI=1S/C13H18N2O4.C11H14N2O4.C2H6O.Cl2OS.ClH/c1-2-18-12(16)11(8-14)15-13(17)19-9-10-6-4-3-5-7-10;12-6-9(10(14)15)13-11(16)17-7-8-4-2-1-3-5-8;1-2-3;1-4(2)3;/h3-7,11H,2,8-9,14H2,1H3,(H,15,17);1-5,9H,6-7,12H2,(H,13,16)(H,14,15);3H,2H2,1H3;;1H/t11-;9-;;;/m11.../s1. The summed E-state index contributed by atoms with van der Waals surface area (Å²) in [5.74, 6) is -1.76. The Bertz CT molecular complexity index is 1070. The number of benzene rings is 2. The Morgan fingerprint density at radius 1 is 0.795 bits per heavy atom. The number of nitrogens with two attached hydrogens (primary N) is 2. The minimum atomic E-state index is -1.67. The van der Waals surface area contributed by atoms with Crippen LogP contribution in [-0.4, -0.2) is 76.9 Å². The summed E-state index contributed by atoms with van der Waals surface area (Å²) < 4.78 is 23.7. The van der Waals surface area contributed by atoms with Gasteiger partial charge in [0.25, 0.3) is 0 Å². The van der Waals surface area contributed by atoms with Crippen LogP contribution in [0.4, 0.5) is 9.59 Å². The van der Waals surface area contributed by atoms with Crippen LogP contribution in [0.1, 0.15) is 25.0 Å². The molecule has 0 aliphatic carbocycles. The van der Waals surface area contributed by atoms with Crippen LogP contribution in [0.5, 0.6) is 0 Å². The van der Waals surface area contributed by atoms with Gasteiger partial charge in [-0.2, -0.15) is 0 Å². The van der Waals surface area contributed by atoms with E-state index in [1.165, 1.54) is 0 Å². The molecule has 250 valence electrons. The molecular weight excluding hydrogens is 667 g/mol. The number of aliphatic hydroxyl groups is 1. The second kappa shape index (κ2) is 29.9. The number of aliphatic hydroxyl groups excluding tert-OH is 1. The quantitative estimate of drug-likeness (QED) is 0.113. The number of halogens is 3. The van der Waals surface area contributed by atoms with Gasteiger partial charge in [-0.25, -0.2) is 23.4 Å². The zero-order valence-corrected chi connectivity index (χ0v) is 27.2. The molecule has 44 heavy (non-hydrogen) atoms. The first kappa shape index (κ1) is 45.3. The van der Waals surface area contributed by atoms with Crippen molar-refractivity contribution in [2.75, 3.05) is 26.3 Å².